The minimum Gasteiger partial charge on any atom is -0.302 e. The van der Waals surface area contributed by atoms with Gasteiger partial charge in [-0.2, -0.15) is 0 Å². The second kappa shape index (κ2) is 3.94. The Hall–Kier alpha value is -1.49. The third kappa shape index (κ3) is 2.12. The fourth-order valence-corrected chi connectivity index (χ4v) is 1.87. The van der Waals surface area contributed by atoms with Gasteiger partial charge in [-0.3, -0.25) is 15.1 Å². The molecule has 0 aliphatic carbocycles. The van der Waals surface area contributed by atoms with E-state index in [9.17, 15) is 10.1 Å². The van der Waals surface area contributed by atoms with Crippen LogP contribution in [0.1, 0.15) is 17.7 Å². The Labute approximate surface area is 87.9 Å². The fourth-order valence-electron chi connectivity index (χ4n) is 1.87. The second-order valence-corrected chi connectivity index (χ2v) is 3.90. The first kappa shape index (κ1) is 10.0. The van der Waals surface area contributed by atoms with E-state index in [1.807, 2.05) is 7.05 Å². The molecule has 0 spiro atoms. The third-order valence-electron chi connectivity index (χ3n) is 2.65. The van der Waals surface area contributed by atoms with Crippen LogP contribution in [0, 0.1) is 10.1 Å². The van der Waals surface area contributed by atoms with Gasteiger partial charge in [0.05, 0.1) is 4.92 Å². The van der Waals surface area contributed by atoms with Gasteiger partial charge >= 0.3 is 0 Å². The highest BCUT2D eigenvalue weighted by Gasteiger charge is 2.16. The molecule has 0 N–H and O–H groups in total. The van der Waals surface area contributed by atoms with Crippen LogP contribution in [0.4, 0.5) is 5.69 Å². The summed E-state index contributed by atoms with van der Waals surface area (Å²) in [6.07, 6.45) is 3.33. The number of hydrogen-bond acceptors (Lipinski definition) is 4. The minimum absolute atomic E-state index is 0.0871. The Balaban J connectivity index is 2.37. The molecule has 0 bridgehead atoms. The molecule has 0 atom stereocenters. The lowest BCUT2D eigenvalue weighted by molar-refractivity contribution is -0.385. The van der Waals surface area contributed by atoms with Crippen molar-refractivity contribution in [3.05, 3.63) is 33.6 Å². The van der Waals surface area contributed by atoms with Crippen LogP contribution in [0.25, 0.3) is 0 Å². The first-order valence-corrected chi connectivity index (χ1v) is 4.97. The molecule has 1 aliphatic rings. The van der Waals surface area contributed by atoms with Gasteiger partial charge in [-0.1, -0.05) is 0 Å². The molecule has 0 fully saturated rings. The van der Waals surface area contributed by atoms with Crippen LogP contribution in [0.5, 0.6) is 0 Å². The maximum absolute atomic E-state index is 10.6. The van der Waals surface area contributed by atoms with Crippen molar-refractivity contribution in [1.29, 1.82) is 0 Å². The van der Waals surface area contributed by atoms with E-state index in [1.54, 1.807) is 6.07 Å². The Kier molecular flexibility index (Phi) is 2.64. The Morgan fingerprint density at radius 1 is 1.60 bits per heavy atom. The summed E-state index contributed by atoms with van der Waals surface area (Å²) in [5.41, 5.74) is 2.08. The molecule has 2 heterocycles. The number of fused-ring (bicyclic) bond motifs is 1. The van der Waals surface area contributed by atoms with Crippen molar-refractivity contribution in [2.24, 2.45) is 0 Å². The molecule has 5 heteroatoms. The molecule has 0 saturated heterocycles. The first-order valence-electron chi connectivity index (χ1n) is 4.97. The van der Waals surface area contributed by atoms with Crippen molar-refractivity contribution >= 4 is 5.69 Å². The van der Waals surface area contributed by atoms with Crippen LogP contribution in [0.2, 0.25) is 0 Å². The van der Waals surface area contributed by atoms with Gasteiger partial charge in [0.25, 0.3) is 5.69 Å². The molecular formula is C10H13N3O2. The molecule has 0 aromatic carbocycles. The quantitative estimate of drug-likeness (QED) is 0.515. The largest absolute Gasteiger partial charge is 0.302 e. The van der Waals surface area contributed by atoms with Gasteiger partial charge in [0.1, 0.15) is 6.20 Å². The Bertz CT molecular complexity index is 392. The zero-order chi connectivity index (χ0) is 10.8. The van der Waals surface area contributed by atoms with Crippen LogP contribution < -0.4 is 0 Å². The highest BCUT2D eigenvalue weighted by Crippen LogP contribution is 2.20. The zero-order valence-electron chi connectivity index (χ0n) is 8.64. The van der Waals surface area contributed by atoms with E-state index in [0.29, 0.717) is 0 Å². The number of rotatable bonds is 1. The van der Waals surface area contributed by atoms with Crippen LogP contribution in [0.15, 0.2) is 12.3 Å². The lowest BCUT2D eigenvalue weighted by atomic mass is 10.1. The van der Waals surface area contributed by atoms with Gasteiger partial charge in [0.15, 0.2) is 0 Å². The molecule has 0 saturated carbocycles. The molecule has 1 aliphatic heterocycles. The zero-order valence-corrected chi connectivity index (χ0v) is 8.64. The lowest BCUT2D eigenvalue weighted by Crippen LogP contribution is -2.17. The summed E-state index contributed by atoms with van der Waals surface area (Å²) < 4.78 is 0. The van der Waals surface area contributed by atoms with E-state index < -0.39 is 4.92 Å². The molecule has 0 radical (unpaired) electrons. The molecule has 15 heavy (non-hydrogen) atoms. The minimum atomic E-state index is -0.391. The fraction of sp³-hybridized carbons (Fsp3) is 0.500. The smallest absolute Gasteiger partial charge is 0.287 e. The van der Waals surface area contributed by atoms with Crippen molar-refractivity contribution in [1.82, 2.24) is 9.88 Å². The summed E-state index contributed by atoms with van der Waals surface area (Å²) in [7, 11) is 2.02. The van der Waals surface area contributed by atoms with E-state index in [-0.39, 0.29) is 5.69 Å². The predicted molar refractivity (Wildman–Crippen MR) is 55.5 cm³/mol. The van der Waals surface area contributed by atoms with Gasteiger partial charge in [0, 0.05) is 18.3 Å². The van der Waals surface area contributed by atoms with Crippen molar-refractivity contribution in [2.75, 3.05) is 13.6 Å². The van der Waals surface area contributed by atoms with E-state index in [2.05, 4.69) is 9.88 Å². The van der Waals surface area contributed by atoms with Crippen molar-refractivity contribution in [3.8, 4) is 0 Å². The normalized spacial score (nSPS) is 16.9. The molecule has 80 valence electrons. The topological polar surface area (TPSA) is 59.3 Å². The summed E-state index contributed by atoms with van der Waals surface area (Å²) in [6.45, 7) is 1.77. The van der Waals surface area contributed by atoms with E-state index in [0.717, 1.165) is 37.2 Å². The number of aromatic nitrogens is 1. The summed E-state index contributed by atoms with van der Waals surface area (Å²) >= 11 is 0. The predicted octanol–water partition coefficient (Wildman–Crippen LogP) is 1.37. The Morgan fingerprint density at radius 3 is 3.13 bits per heavy atom. The number of pyridine rings is 1. The third-order valence-corrected chi connectivity index (χ3v) is 2.65. The maximum atomic E-state index is 10.6. The molecule has 0 unspecified atom stereocenters. The van der Waals surface area contributed by atoms with Gasteiger partial charge < -0.3 is 4.90 Å². The summed E-state index contributed by atoms with van der Waals surface area (Å²) in [5.74, 6) is 0. The van der Waals surface area contributed by atoms with Crippen LogP contribution in [-0.4, -0.2) is 28.4 Å². The monoisotopic (exact) mass is 207 g/mol. The van der Waals surface area contributed by atoms with Crippen LogP contribution in [0.3, 0.4) is 0 Å². The number of aryl methyl sites for hydroxylation is 1. The van der Waals surface area contributed by atoms with Gasteiger partial charge in [0.2, 0.25) is 0 Å². The van der Waals surface area contributed by atoms with E-state index in [1.165, 1.54) is 6.20 Å². The highest BCUT2D eigenvalue weighted by molar-refractivity contribution is 5.34. The molecule has 2 rings (SSSR count). The lowest BCUT2D eigenvalue weighted by Gasteiger charge is -2.12. The molecule has 1 aromatic heterocycles. The standard InChI is InChI=1S/C10H13N3O2/c1-12-4-2-3-10-8(7-12)5-9(6-11-10)13(14)15/h5-6H,2-4,7H2,1H3. The highest BCUT2D eigenvalue weighted by atomic mass is 16.6. The number of nitrogens with zero attached hydrogens (tertiary/aromatic N) is 3. The summed E-state index contributed by atoms with van der Waals surface area (Å²) in [4.78, 5) is 16.5. The van der Waals surface area contributed by atoms with E-state index >= 15 is 0 Å². The van der Waals surface area contributed by atoms with Gasteiger partial charge in [-0.15, -0.1) is 0 Å². The second-order valence-electron chi connectivity index (χ2n) is 3.90. The van der Waals surface area contributed by atoms with Crippen molar-refractivity contribution in [3.63, 3.8) is 0 Å². The Morgan fingerprint density at radius 2 is 2.40 bits per heavy atom. The SMILES string of the molecule is CN1CCCc2ncc([N+](=O)[O-])cc2C1. The molecule has 1 aromatic rings. The average Bonchev–Trinajstić information content (AvgIpc) is 2.37. The first-order chi connectivity index (χ1) is 7.16. The van der Waals surface area contributed by atoms with Crippen molar-refractivity contribution < 1.29 is 4.92 Å². The van der Waals surface area contributed by atoms with Gasteiger partial charge in [-0.25, -0.2) is 0 Å². The molecule has 0 amide bonds. The molecule has 5 nitrogen and oxygen atoms in total. The van der Waals surface area contributed by atoms with Crippen molar-refractivity contribution in [2.45, 2.75) is 19.4 Å². The van der Waals surface area contributed by atoms with Gasteiger partial charge in [-0.05, 0) is 32.0 Å². The number of hydrogen-bond donors (Lipinski definition) is 0. The summed E-state index contributed by atoms with van der Waals surface area (Å²) in [5, 5.41) is 10.6. The van der Waals surface area contributed by atoms with Crippen LogP contribution in [-0.2, 0) is 13.0 Å². The van der Waals surface area contributed by atoms with Crippen LogP contribution >= 0.6 is 0 Å². The van der Waals surface area contributed by atoms with E-state index in [4.69, 9.17) is 0 Å². The maximum Gasteiger partial charge on any atom is 0.287 e. The summed E-state index contributed by atoms with van der Waals surface area (Å²) in [6, 6.07) is 1.64. The molecular weight excluding hydrogens is 194 g/mol. The number of nitro groups is 1. The average molecular weight is 207 g/mol.